The Labute approximate surface area is 230 Å². The Morgan fingerprint density at radius 1 is 0.923 bits per heavy atom. The first-order chi connectivity index (χ1) is 19.1. The van der Waals surface area contributed by atoms with Gasteiger partial charge in [0.25, 0.3) is 11.8 Å². The van der Waals surface area contributed by atoms with Crippen molar-refractivity contribution < 1.29 is 18.8 Å². The molecule has 1 aliphatic heterocycles. The van der Waals surface area contributed by atoms with Crippen LogP contribution in [0.3, 0.4) is 0 Å². The number of benzene rings is 3. The molecule has 3 amide bonds. The average molecular weight is 538 g/mol. The zero-order valence-electron chi connectivity index (χ0n) is 21.1. The summed E-state index contributed by atoms with van der Waals surface area (Å²) >= 11 is 1.42. The number of anilines is 2. The fourth-order valence-electron chi connectivity index (χ4n) is 4.34. The van der Waals surface area contributed by atoms with Crippen LogP contribution in [-0.4, -0.2) is 30.0 Å². The number of aryl methyl sites for hydroxylation is 1. The van der Waals surface area contributed by atoms with Crippen molar-refractivity contribution in [3.05, 3.63) is 120 Å². The van der Waals surface area contributed by atoms with Gasteiger partial charge in [-0.3, -0.25) is 14.4 Å². The van der Waals surface area contributed by atoms with Gasteiger partial charge in [-0.25, -0.2) is 0 Å². The fraction of sp³-hybridized carbons (Fsp3) is 0.129. The number of nitrogens with one attached hydrogen (secondary N) is 2. The van der Waals surface area contributed by atoms with Gasteiger partial charge >= 0.3 is 0 Å². The van der Waals surface area contributed by atoms with Gasteiger partial charge in [0.05, 0.1) is 12.0 Å². The van der Waals surface area contributed by atoms with E-state index in [1.807, 2.05) is 47.4 Å². The molecule has 3 aromatic carbocycles. The Hall–Kier alpha value is -4.56. The van der Waals surface area contributed by atoms with Crippen LogP contribution in [0, 0.1) is 0 Å². The number of hydrogen-bond acceptors (Lipinski definition) is 5. The Balaban J connectivity index is 1.25. The molecule has 0 unspecified atom stereocenters. The molecular formula is C31H27N3O4S. The summed E-state index contributed by atoms with van der Waals surface area (Å²) in [6.45, 7) is 0.714. The molecule has 1 aliphatic rings. The van der Waals surface area contributed by atoms with Crippen LogP contribution in [0.2, 0.25) is 0 Å². The second kappa shape index (κ2) is 12.3. The van der Waals surface area contributed by atoms with Crippen molar-refractivity contribution >= 4 is 46.9 Å². The van der Waals surface area contributed by atoms with E-state index in [1.54, 1.807) is 42.5 Å². The Kier molecular flexibility index (Phi) is 8.23. The fourth-order valence-corrected chi connectivity index (χ4v) is 5.17. The van der Waals surface area contributed by atoms with Crippen molar-refractivity contribution in [3.8, 4) is 0 Å². The third kappa shape index (κ3) is 6.66. The van der Waals surface area contributed by atoms with E-state index in [1.165, 1.54) is 29.7 Å². The van der Waals surface area contributed by atoms with E-state index in [4.69, 9.17) is 4.42 Å². The number of furan rings is 1. The van der Waals surface area contributed by atoms with E-state index >= 15 is 0 Å². The van der Waals surface area contributed by atoms with Gasteiger partial charge in [0.1, 0.15) is 11.5 Å². The van der Waals surface area contributed by atoms with Crippen LogP contribution in [0.4, 0.5) is 11.4 Å². The molecular weight excluding hydrogens is 510 g/mol. The molecule has 0 aliphatic carbocycles. The standard InChI is InChI=1S/C31H27N3O4S/c35-29(34-17-7-12-22-9-4-5-16-28(22)34)21-39-26-15-6-13-24(19-26)32-31(37)27(20-25-14-8-18-38-25)33-30(36)23-10-2-1-3-11-23/h1-6,8-11,13-16,18-20H,7,12,17,21H2,(H,32,37)(H,33,36)/b27-20-. The van der Waals surface area contributed by atoms with Crippen LogP contribution in [0.15, 0.2) is 112 Å². The van der Waals surface area contributed by atoms with E-state index in [0.29, 0.717) is 23.6 Å². The Bertz CT molecular complexity index is 1500. The molecule has 7 nitrogen and oxygen atoms in total. The smallest absolute Gasteiger partial charge is 0.272 e. The molecule has 39 heavy (non-hydrogen) atoms. The van der Waals surface area contributed by atoms with Gasteiger partial charge in [-0.2, -0.15) is 0 Å². The number of rotatable bonds is 8. The predicted molar refractivity (Wildman–Crippen MR) is 154 cm³/mol. The quantitative estimate of drug-likeness (QED) is 0.220. The first-order valence-electron chi connectivity index (χ1n) is 12.6. The number of carbonyl (C=O) groups excluding carboxylic acids is 3. The molecule has 0 spiro atoms. The summed E-state index contributed by atoms with van der Waals surface area (Å²) in [4.78, 5) is 41.7. The van der Waals surface area contributed by atoms with Gasteiger partial charge < -0.3 is 20.0 Å². The van der Waals surface area contributed by atoms with Gasteiger partial charge in [-0.05, 0) is 66.9 Å². The summed E-state index contributed by atoms with van der Waals surface area (Å²) in [5, 5.41) is 5.53. The summed E-state index contributed by atoms with van der Waals surface area (Å²) in [5.41, 5.74) is 3.19. The number of amides is 3. The topological polar surface area (TPSA) is 91.7 Å². The van der Waals surface area contributed by atoms with Gasteiger partial charge in [-0.1, -0.05) is 42.5 Å². The van der Waals surface area contributed by atoms with E-state index < -0.39 is 11.8 Å². The second-order valence-corrected chi connectivity index (χ2v) is 9.99. The van der Waals surface area contributed by atoms with Crippen LogP contribution in [0.1, 0.15) is 28.1 Å². The lowest BCUT2D eigenvalue weighted by Crippen LogP contribution is -2.36. The minimum absolute atomic E-state index is 0.0378. The van der Waals surface area contributed by atoms with Gasteiger partial charge in [0, 0.05) is 34.5 Å². The van der Waals surface area contributed by atoms with Crippen molar-refractivity contribution in [3.63, 3.8) is 0 Å². The van der Waals surface area contributed by atoms with Gasteiger partial charge in [0.2, 0.25) is 5.91 Å². The largest absolute Gasteiger partial charge is 0.465 e. The Morgan fingerprint density at radius 3 is 2.56 bits per heavy atom. The number of para-hydroxylation sites is 1. The first-order valence-corrected chi connectivity index (χ1v) is 13.6. The molecule has 2 N–H and O–H groups in total. The van der Waals surface area contributed by atoms with Crippen molar-refractivity contribution in [2.24, 2.45) is 0 Å². The minimum atomic E-state index is -0.501. The molecule has 5 rings (SSSR count). The Morgan fingerprint density at radius 2 is 1.74 bits per heavy atom. The van der Waals surface area contributed by atoms with Crippen LogP contribution in [0.25, 0.3) is 6.08 Å². The molecule has 0 fully saturated rings. The highest BCUT2D eigenvalue weighted by atomic mass is 32.2. The average Bonchev–Trinajstić information content (AvgIpc) is 3.49. The molecule has 0 bridgehead atoms. The SMILES string of the molecule is O=C(Nc1cccc(SCC(=O)N2CCCc3ccccc32)c1)/C(=C/c1ccco1)NC(=O)c1ccccc1. The molecule has 0 saturated carbocycles. The molecule has 2 heterocycles. The second-order valence-electron chi connectivity index (χ2n) is 8.94. The zero-order valence-corrected chi connectivity index (χ0v) is 21.9. The van der Waals surface area contributed by atoms with E-state index in [2.05, 4.69) is 16.7 Å². The number of nitrogens with zero attached hydrogens (tertiary/aromatic N) is 1. The monoisotopic (exact) mass is 537 g/mol. The van der Waals surface area contributed by atoms with Crippen LogP contribution >= 0.6 is 11.8 Å². The maximum absolute atomic E-state index is 13.2. The van der Waals surface area contributed by atoms with Crippen LogP contribution in [-0.2, 0) is 16.0 Å². The molecule has 196 valence electrons. The third-order valence-corrected chi connectivity index (χ3v) is 7.20. The number of carbonyl (C=O) groups is 3. The first kappa shape index (κ1) is 26.1. The van der Waals surface area contributed by atoms with Crippen molar-refractivity contribution in [2.45, 2.75) is 17.7 Å². The van der Waals surface area contributed by atoms with Crippen molar-refractivity contribution in [2.75, 3.05) is 22.5 Å². The lowest BCUT2D eigenvalue weighted by Gasteiger charge is -2.29. The molecule has 8 heteroatoms. The summed E-state index contributed by atoms with van der Waals surface area (Å²) < 4.78 is 5.35. The van der Waals surface area contributed by atoms with Gasteiger partial charge in [0.15, 0.2) is 0 Å². The highest BCUT2D eigenvalue weighted by molar-refractivity contribution is 8.00. The predicted octanol–water partition coefficient (Wildman–Crippen LogP) is 5.76. The highest BCUT2D eigenvalue weighted by Gasteiger charge is 2.22. The van der Waals surface area contributed by atoms with Gasteiger partial charge in [-0.15, -0.1) is 11.8 Å². The molecule has 4 aromatic rings. The van der Waals surface area contributed by atoms with E-state index in [-0.39, 0.29) is 17.4 Å². The number of hydrogen-bond donors (Lipinski definition) is 2. The molecule has 0 radical (unpaired) electrons. The lowest BCUT2D eigenvalue weighted by atomic mass is 10.0. The van der Waals surface area contributed by atoms with E-state index in [0.717, 1.165) is 23.4 Å². The van der Waals surface area contributed by atoms with Crippen LogP contribution < -0.4 is 15.5 Å². The third-order valence-electron chi connectivity index (χ3n) is 6.22. The maximum atomic E-state index is 13.2. The van der Waals surface area contributed by atoms with Crippen molar-refractivity contribution in [1.82, 2.24) is 5.32 Å². The molecule has 0 atom stereocenters. The van der Waals surface area contributed by atoms with Crippen LogP contribution in [0.5, 0.6) is 0 Å². The summed E-state index contributed by atoms with van der Waals surface area (Å²) in [7, 11) is 0. The van der Waals surface area contributed by atoms with E-state index in [9.17, 15) is 14.4 Å². The normalized spacial score (nSPS) is 12.9. The highest BCUT2D eigenvalue weighted by Crippen LogP contribution is 2.29. The minimum Gasteiger partial charge on any atom is -0.465 e. The number of thioether (sulfide) groups is 1. The number of fused-ring (bicyclic) bond motifs is 1. The summed E-state index contributed by atoms with van der Waals surface area (Å²) in [5.74, 6) is -0.156. The summed E-state index contributed by atoms with van der Waals surface area (Å²) in [6, 6.07) is 27.4. The maximum Gasteiger partial charge on any atom is 0.272 e. The molecule has 0 saturated heterocycles. The zero-order chi connectivity index (χ0) is 27.0. The molecule has 1 aromatic heterocycles. The summed E-state index contributed by atoms with van der Waals surface area (Å²) in [6.07, 6.45) is 4.90. The lowest BCUT2D eigenvalue weighted by molar-refractivity contribution is -0.116. The van der Waals surface area contributed by atoms with Crippen molar-refractivity contribution in [1.29, 1.82) is 0 Å².